The molecule has 5 nitrogen and oxygen atoms in total. The van der Waals surface area contributed by atoms with Crippen molar-refractivity contribution in [2.75, 3.05) is 5.32 Å². The molecule has 0 fully saturated rings. The van der Waals surface area contributed by atoms with E-state index in [9.17, 15) is 4.79 Å². The molecule has 126 valence electrons. The minimum Gasteiger partial charge on any atom is -0.307 e. The van der Waals surface area contributed by atoms with Crippen LogP contribution < -0.4 is 5.32 Å². The molecule has 1 amide bonds. The zero-order chi connectivity index (χ0) is 17.8. The molecule has 2 heterocycles. The monoisotopic (exact) mass is 340 g/mol. The van der Waals surface area contributed by atoms with E-state index in [0.717, 1.165) is 16.9 Å². The fourth-order valence-electron chi connectivity index (χ4n) is 2.64. The minimum absolute atomic E-state index is 0.194. The van der Waals surface area contributed by atoms with Crippen LogP contribution in [0.15, 0.2) is 91.3 Å². The van der Waals surface area contributed by atoms with E-state index >= 15 is 0 Å². The van der Waals surface area contributed by atoms with Crippen LogP contribution in [0.1, 0.15) is 10.4 Å². The molecule has 0 unspecified atom stereocenters. The third-order valence-corrected chi connectivity index (χ3v) is 3.94. The first-order chi connectivity index (χ1) is 12.8. The van der Waals surface area contributed by atoms with Gasteiger partial charge in [-0.2, -0.15) is 5.10 Å². The highest BCUT2D eigenvalue weighted by Gasteiger charge is 2.08. The van der Waals surface area contributed by atoms with Gasteiger partial charge in [-0.05, 0) is 24.3 Å². The summed E-state index contributed by atoms with van der Waals surface area (Å²) in [7, 11) is 0. The molecule has 0 saturated heterocycles. The summed E-state index contributed by atoms with van der Waals surface area (Å²) in [5, 5.41) is 7.42. The summed E-state index contributed by atoms with van der Waals surface area (Å²) in [6, 6.07) is 24.6. The number of nitrogens with one attached hydrogen (secondary N) is 1. The zero-order valence-electron chi connectivity index (χ0n) is 13.9. The Morgan fingerprint density at radius 3 is 2.38 bits per heavy atom. The summed E-state index contributed by atoms with van der Waals surface area (Å²) in [5.74, 6) is 0.286. The SMILES string of the molecule is O=C(Nc1cc(-n2ccc(-c3ccccc3)n2)ccn1)c1ccccc1. The normalized spacial score (nSPS) is 10.5. The number of anilines is 1. The Labute approximate surface area is 151 Å². The average Bonchev–Trinajstić information content (AvgIpc) is 3.20. The molecule has 4 rings (SSSR count). The molecule has 26 heavy (non-hydrogen) atoms. The van der Waals surface area contributed by atoms with Gasteiger partial charge in [0, 0.05) is 29.6 Å². The molecule has 4 aromatic rings. The molecular weight excluding hydrogens is 324 g/mol. The van der Waals surface area contributed by atoms with Gasteiger partial charge in [0.1, 0.15) is 5.82 Å². The molecule has 2 aromatic carbocycles. The van der Waals surface area contributed by atoms with Crippen molar-refractivity contribution in [3.63, 3.8) is 0 Å². The van der Waals surface area contributed by atoms with Gasteiger partial charge in [0.15, 0.2) is 0 Å². The summed E-state index contributed by atoms with van der Waals surface area (Å²) >= 11 is 0. The van der Waals surface area contributed by atoms with E-state index in [1.54, 1.807) is 29.1 Å². The molecule has 0 spiro atoms. The Morgan fingerprint density at radius 1 is 0.885 bits per heavy atom. The van der Waals surface area contributed by atoms with Gasteiger partial charge in [0.2, 0.25) is 0 Å². The molecule has 0 atom stereocenters. The van der Waals surface area contributed by atoms with Crippen LogP contribution in [0.4, 0.5) is 5.82 Å². The topological polar surface area (TPSA) is 59.8 Å². The van der Waals surface area contributed by atoms with E-state index in [4.69, 9.17) is 0 Å². The van der Waals surface area contributed by atoms with Crippen molar-refractivity contribution in [2.45, 2.75) is 0 Å². The lowest BCUT2D eigenvalue weighted by Gasteiger charge is -2.07. The first kappa shape index (κ1) is 15.8. The van der Waals surface area contributed by atoms with E-state index < -0.39 is 0 Å². The van der Waals surface area contributed by atoms with Gasteiger partial charge >= 0.3 is 0 Å². The smallest absolute Gasteiger partial charge is 0.256 e. The second-order valence-electron chi connectivity index (χ2n) is 5.73. The molecule has 0 aliphatic heterocycles. The van der Waals surface area contributed by atoms with Crippen LogP contribution in [0, 0.1) is 0 Å². The number of amides is 1. The molecule has 0 saturated carbocycles. The van der Waals surface area contributed by atoms with Crippen molar-refractivity contribution >= 4 is 11.7 Å². The lowest BCUT2D eigenvalue weighted by Crippen LogP contribution is -2.13. The van der Waals surface area contributed by atoms with E-state index in [0.29, 0.717) is 11.4 Å². The van der Waals surface area contributed by atoms with Gasteiger partial charge in [-0.3, -0.25) is 4.79 Å². The maximum absolute atomic E-state index is 12.3. The maximum Gasteiger partial charge on any atom is 0.256 e. The number of carbonyl (C=O) groups excluding carboxylic acids is 1. The number of nitrogens with zero attached hydrogens (tertiary/aromatic N) is 3. The van der Waals surface area contributed by atoms with Crippen LogP contribution in [-0.4, -0.2) is 20.7 Å². The van der Waals surface area contributed by atoms with E-state index in [1.165, 1.54) is 0 Å². The number of rotatable bonds is 4. The van der Waals surface area contributed by atoms with Crippen LogP contribution >= 0.6 is 0 Å². The predicted octanol–water partition coefficient (Wildman–Crippen LogP) is 4.19. The second-order valence-corrected chi connectivity index (χ2v) is 5.73. The Morgan fingerprint density at radius 2 is 1.62 bits per heavy atom. The van der Waals surface area contributed by atoms with Crippen LogP contribution in [0.25, 0.3) is 16.9 Å². The average molecular weight is 340 g/mol. The van der Waals surface area contributed by atoms with E-state index in [2.05, 4.69) is 15.4 Å². The van der Waals surface area contributed by atoms with Crippen molar-refractivity contribution in [3.8, 4) is 16.9 Å². The summed E-state index contributed by atoms with van der Waals surface area (Å²) in [6.45, 7) is 0. The van der Waals surface area contributed by atoms with Crippen molar-refractivity contribution < 1.29 is 4.79 Å². The largest absolute Gasteiger partial charge is 0.307 e. The zero-order valence-corrected chi connectivity index (χ0v) is 13.9. The Balaban J connectivity index is 1.57. The molecule has 0 bridgehead atoms. The Kier molecular flexibility index (Phi) is 4.26. The van der Waals surface area contributed by atoms with Crippen molar-refractivity contribution in [3.05, 3.63) is 96.8 Å². The van der Waals surface area contributed by atoms with Crippen molar-refractivity contribution in [2.24, 2.45) is 0 Å². The highest BCUT2D eigenvalue weighted by molar-refractivity contribution is 6.03. The number of hydrogen-bond acceptors (Lipinski definition) is 3. The molecule has 0 radical (unpaired) electrons. The van der Waals surface area contributed by atoms with Gasteiger partial charge in [-0.15, -0.1) is 0 Å². The molecule has 2 aromatic heterocycles. The highest BCUT2D eigenvalue weighted by atomic mass is 16.1. The lowest BCUT2D eigenvalue weighted by molar-refractivity contribution is 0.102. The summed E-state index contributed by atoms with van der Waals surface area (Å²) in [4.78, 5) is 16.5. The molecule has 5 heteroatoms. The molecule has 0 aliphatic carbocycles. The van der Waals surface area contributed by atoms with Crippen LogP contribution in [0.3, 0.4) is 0 Å². The van der Waals surface area contributed by atoms with Crippen LogP contribution in [-0.2, 0) is 0 Å². The summed E-state index contributed by atoms with van der Waals surface area (Å²) < 4.78 is 1.77. The first-order valence-corrected chi connectivity index (χ1v) is 8.23. The van der Waals surface area contributed by atoms with Crippen molar-refractivity contribution in [1.29, 1.82) is 0 Å². The quantitative estimate of drug-likeness (QED) is 0.606. The van der Waals surface area contributed by atoms with E-state index in [-0.39, 0.29) is 5.91 Å². The lowest BCUT2D eigenvalue weighted by atomic mass is 10.2. The number of pyridine rings is 1. The van der Waals surface area contributed by atoms with Gasteiger partial charge in [-0.1, -0.05) is 48.5 Å². The van der Waals surface area contributed by atoms with Gasteiger partial charge in [0.25, 0.3) is 5.91 Å². The fourth-order valence-corrected chi connectivity index (χ4v) is 2.64. The fraction of sp³-hybridized carbons (Fsp3) is 0. The van der Waals surface area contributed by atoms with Crippen LogP contribution in [0.5, 0.6) is 0 Å². The highest BCUT2D eigenvalue weighted by Crippen LogP contribution is 2.19. The number of benzene rings is 2. The molecular formula is C21H16N4O. The van der Waals surface area contributed by atoms with Crippen molar-refractivity contribution in [1.82, 2.24) is 14.8 Å². The Hall–Kier alpha value is -3.73. The number of hydrogen-bond donors (Lipinski definition) is 1. The van der Waals surface area contributed by atoms with Gasteiger partial charge in [-0.25, -0.2) is 9.67 Å². The second kappa shape index (κ2) is 7.03. The third-order valence-electron chi connectivity index (χ3n) is 3.94. The molecule has 1 N–H and O–H groups in total. The van der Waals surface area contributed by atoms with Crippen LogP contribution in [0.2, 0.25) is 0 Å². The van der Waals surface area contributed by atoms with Gasteiger partial charge in [0.05, 0.1) is 11.4 Å². The first-order valence-electron chi connectivity index (χ1n) is 8.23. The minimum atomic E-state index is -0.194. The van der Waals surface area contributed by atoms with E-state index in [1.807, 2.05) is 66.9 Å². The number of aromatic nitrogens is 3. The van der Waals surface area contributed by atoms with Gasteiger partial charge < -0.3 is 5.32 Å². The third kappa shape index (κ3) is 3.37. The predicted molar refractivity (Wildman–Crippen MR) is 101 cm³/mol. The maximum atomic E-state index is 12.3. The molecule has 0 aliphatic rings. The summed E-state index contributed by atoms with van der Waals surface area (Å²) in [5.41, 5.74) is 3.35. The summed E-state index contributed by atoms with van der Waals surface area (Å²) in [6.07, 6.45) is 3.54. The Bertz CT molecular complexity index is 1030. The number of carbonyl (C=O) groups is 1. The standard InChI is InChI=1S/C21H16N4O/c26-21(17-9-5-2-6-10-17)23-20-15-18(11-13-22-20)25-14-12-19(24-25)16-7-3-1-4-8-16/h1-15H,(H,22,23,26).